The quantitative estimate of drug-likeness (QED) is 0.891. The van der Waals surface area contributed by atoms with Crippen molar-refractivity contribution >= 4 is 17.5 Å². The molecular weight excluding hydrogens is 301 g/mol. The SMILES string of the molecule is O=C(NC1(Cc2ccc(Cl)cc2)CCC1)c1ccc(F)cc1. The third-order valence-electron chi connectivity index (χ3n) is 4.25. The molecule has 4 heteroatoms. The summed E-state index contributed by atoms with van der Waals surface area (Å²) in [7, 11) is 0. The van der Waals surface area contributed by atoms with Crippen molar-refractivity contribution in [2.45, 2.75) is 31.2 Å². The Hall–Kier alpha value is -1.87. The number of rotatable bonds is 4. The number of carbonyl (C=O) groups is 1. The van der Waals surface area contributed by atoms with Crippen LogP contribution >= 0.6 is 11.6 Å². The molecule has 114 valence electrons. The van der Waals surface area contributed by atoms with Gasteiger partial charge in [0.15, 0.2) is 0 Å². The average Bonchev–Trinajstić information content (AvgIpc) is 2.48. The van der Waals surface area contributed by atoms with Crippen LogP contribution in [0.25, 0.3) is 0 Å². The number of amides is 1. The van der Waals surface area contributed by atoms with Crippen LogP contribution < -0.4 is 5.32 Å². The highest BCUT2D eigenvalue weighted by Gasteiger charge is 2.38. The maximum absolute atomic E-state index is 12.9. The molecule has 0 aliphatic heterocycles. The highest BCUT2D eigenvalue weighted by molar-refractivity contribution is 6.30. The molecule has 0 saturated heterocycles. The van der Waals surface area contributed by atoms with E-state index < -0.39 is 0 Å². The van der Waals surface area contributed by atoms with Crippen LogP contribution in [0.3, 0.4) is 0 Å². The predicted molar refractivity (Wildman–Crippen MR) is 85.6 cm³/mol. The molecule has 1 amide bonds. The van der Waals surface area contributed by atoms with Gasteiger partial charge in [-0.2, -0.15) is 0 Å². The minimum Gasteiger partial charge on any atom is -0.346 e. The Balaban J connectivity index is 1.71. The van der Waals surface area contributed by atoms with E-state index in [9.17, 15) is 9.18 Å². The monoisotopic (exact) mass is 317 g/mol. The van der Waals surface area contributed by atoms with Crippen molar-refractivity contribution in [3.8, 4) is 0 Å². The fraction of sp³-hybridized carbons (Fsp3) is 0.278. The van der Waals surface area contributed by atoms with Crippen molar-refractivity contribution in [2.75, 3.05) is 0 Å². The molecule has 0 bridgehead atoms. The van der Waals surface area contributed by atoms with Crippen LogP contribution in [0.15, 0.2) is 48.5 Å². The molecule has 0 radical (unpaired) electrons. The fourth-order valence-corrected chi connectivity index (χ4v) is 2.98. The van der Waals surface area contributed by atoms with E-state index in [1.807, 2.05) is 24.3 Å². The second kappa shape index (κ2) is 6.09. The van der Waals surface area contributed by atoms with Crippen molar-refractivity contribution in [1.29, 1.82) is 0 Å². The van der Waals surface area contributed by atoms with Crippen LogP contribution in [0.2, 0.25) is 5.02 Å². The van der Waals surface area contributed by atoms with Gasteiger partial charge in [0.05, 0.1) is 0 Å². The summed E-state index contributed by atoms with van der Waals surface area (Å²) >= 11 is 5.91. The first-order valence-electron chi connectivity index (χ1n) is 7.39. The zero-order valence-corrected chi connectivity index (χ0v) is 12.9. The van der Waals surface area contributed by atoms with Crippen LogP contribution in [-0.4, -0.2) is 11.4 Å². The molecule has 0 heterocycles. The topological polar surface area (TPSA) is 29.1 Å². The van der Waals surface area contributed by atoms with Crippen molar-refractivity contribution in [3.05, 3.63) is 70.5 Å². The number of halogens is 2. The first-order chi connectivity index (χ1) is 10.6. The van der Waals surface area contributed by atoms with E-state index in [0.717, 1.165) is 31.2 Å². The Morgan fingerprint density at radius 2 is 1.73 bits per heavy atom. The molecule has 0 unspecified atom stereocenters. The van der Waals surface area contributed by atoms with Gasteiger partial charge in [-0.05, 0) is 67.6 Å². The summed E-state index contributed by atoms with van der Waals surface area (Å²) in [5.41, 5.74) is 1.45. The summed E-state index contributed by atoms with van der Waals surface area (Å²) in [5, 5.41) is 3.84. The Morgan fingerprint density at radius 3 is 2.27 bits per heavy atom. The van der Waals surface area contributed by atoms with Crippen LogP contribution in [0.1, 0.15) is 35.2 Å². The van der Waals surface area contributed by atoms with Crippen molar-refractivity contribution in [2.24, 2.45) is 0 Å². The van der Waals surface area contributed by atoms with E-state index >= 15 is 0 Å². The smallest absolute Gasteiger partial charge is 0.251 e. The fourth-order valence-electron chi connectivity index (χ4n) is 2.86. The maximum atomic E-state index is 12.9. The molecule has 22 heavy (non-hydrogen) atoms. The molecule has 2 nitrogen and oxygen atoms in total. The molecule has 0 aromatic heterocycles. The van der Waals surface area contributed by atoms with Crippen molar-refractivity contribution in [1.82, 2.24) is 5.32 Å². The maximum Gasteiger partial charge on any atom is 0.251 e. The number of carbonyl (C=O) groups excluding carboxylic acids is 1. The third-order valence-corrected chi connectivity index (χ3v) is 4.50. The standard InChI is InChI=1S/C18H17ClFNO/c19-15-6-2-13(3-7-15)12-18(10-1-11-18)21-17(22)14-4-8-16(20)9-5-14/h2-9H,1,10-12H2,(H,21,22). The second-order valence-corrected chi connectivity index (χ2v) is 6.33. The molecule has 2 aromatic carbocycles. The van der Waals surface area contributed by atoms with Crippen LogP contribution in [0.4, 0.5) is 4.39 Å². The Labute approximate surface area is 134 Å². The van der Waals surface area contributed by atoms with Gasteiger partial charge in [0.25, 0.3) is 5.91 Å². The minimum atomic E-state index is -0.337. The van der Waals surface area contributed by atoms with Gasteiger partial charge in [0.2, 0.25) is 0 Å². The summed E-state index contributed by atoms with van der Waals surface area (Å²) in [5.74, 6) is -0.482. The molecule has 1 aliphatic rings. The molecule has 3 rings (SSSR count). The number of hydrogen-bond donors (Lipinski definition) is 1. The van der Waals surface area contributed by atoms with Gasteiger partial charge in [-0.25, -0.2) is 4.39 Å². The van der Waals surface area contributed by atoms with E-state index in [2.05, 4.69) is 5.32 Å². The molecule has 1 aliphatic carbocycles. The molecule has 1 saturated carbocycles. The zero-order chi connectivity index (χ0) is 15.6. The highest BCUT2D eigenvalue weighted by Crippen LogP contribution is 2.35. The molecular formula is C18H17ClFNO. The van der Waals surface area contributed by atoms with Gasteiger partial charge in [-0.1, -0.05) is 23.7 Å². The van der Waals surface area contributed by atoms with Crippen LogP contribution in [-0.2, 0) is 6.42 Å². The lowest BCUT2D eigenvalue weighted by molar-refractivity contribution is 0.0827. The lowest BCUT2D eigenvalue weighted by Crippen LogP contribution is -2.55. The summed E-state index contributed by atoms with van der Waals surface area (Å²) in [4.78, 5) is 12.4. The lowest BCUT2D eigenvalue weighted by Gasteiger charge is -2.43. The van der Waals surface area contributed by atoms with E-state index in [-0.39, 0.29) is 17.3 Å². The minimum absolute atomic E-state index is 0.145. The van der Waals surface area contributed by atoms with Gasteiger partial charge >= 0.3 is 0 Å². The van der Waals surface area contributed by atoms with Crippen molar-refractivity contribution < 1.29 is 9.18 Å². The Kier molecular flexibility index (Phi) is 4.16. The molecule has 0 spiro atoms. The van der Waals surface area contributed by atoms with Crippen molar-refractivity contribution in [3.63, 3.8) is 0 Å². The molecule has 0 atom stereocenters. The Bertz CT molecular complexity index is 662. The number of nitrogens with one attached hydrogen (secondary N) is 1. The first kappa shape index (κ1) is 15.0. The summed E-state index contributed by atoms with van der Waals surface area (Å²) in [6, 6.07) is 13.4. The number of hydrogen-bond acceptors (Lipinski definition) is 1. The van der Waals surface area contributed by atoms with Gasteiger partial charge in [0, 0.05) is 16.1 Å². The molecule has 2 aromatic rings. The number of benzene rings is 2. The van der Waals surface area contributed by atoms with E-state index in [1.165, 1.54) is 24.3 Å². The van der Waals surface area contributed by atoms with E-state index in [4.69, 9.17) is 11.6 Å². The average molecular weight is 318 g/mol. The van der Waals surface area contributed by atoms with Gasteiger partial charge in [0.1, 0.15) is 5.82 Å². The van der Waals surface area contributed by atoms with Gasteiger partial charge in [-0.15, -0.1) is 0 Å². The van der Waals surface area contributed by atoms with Crippen LogP contribution in [0, 0.1) is 5.82 Å². The highest BCUT2D eigenvalue weighted by atomic mass is 35.5. The first-order valence-corrected chi connectivity index (χ1v) is 7.77. The van der Waals surface area contributed by atoms with Crippen LogP contribution in [0.5, 0.6) is 0 Å². The normalized spacial score (nSPS) is 15.9. The second-order valence-electron chi connectivity index (χ2n) is 5.90. The van der Waals surface area contributed by atoms with Gasteiger partial charge in [-0.3, -0.25) is 4.79 Å². The van der Waals surface area contributed by atoms with E-state index in [1.54, 1.807) is 0 Å². The molecule has 1 N–H and O–H groups in total. The molecule has 1 fully saturated rings. The zero-order valence-electron chi connectivity index (χ0n) is 12.1. The van der Waals surface area contributed by atoms with E-state index in [0.29, 0.717) is 10.6 Å². The van der Waals surface area contributed by atoms with Gasteiger partial charge < -0.3 is 5.32 Å². The summed E-state index contributed by atoms with van der Waals surface area (Å²) < 4.78 is 12.9. The lowest BCUT2D eigenvalue weighted by atomic mass is 9.72. The summed E-state index contributed by atoms with van der Waals surface area (Å²) in [6.45, 7) is 0. The predicted octanol–water partition coefficient (Wildman–Crippen LogP) is 4.37. The third kappa shape index (κ3) is 3.30. The Morgan fingerprint density at radius 1 is 1.09 bits per heavy atom. The summed E-state index contributed by atoms with van der Waals surface area (Å²) in [6.07, 6.45) is 3.82. The largest absolute Gasteiger partial charge is 0.346 e.